The Labute approximate surface area is 142 Å². The molecule has 2 fully saturated rings. The highest BCUT2D eigenvalue weighted by Gasteiger charge is 2.39. The van der Waals surface area contributed by atoms with Gasteiger partial charge in [-0.25, -0.2) is 4.99 Å². The monoisotopic (exact) mass is 334 g/mol. The van der Waals surface area contributed by atoms with Crippen molar-refractivity contribution in [3.05, 3.63) is 22.4 Å². The molecule has 23 heavy (non-hydrogen) atoms. The fourth-order valence-corrected chi connectivity index (χ4v) is 4.28. The van der Waals surface area contributed by atoms with E-state index >= 15 is 0 Å². The molecule has 3 atom stereocenters. The van der Waals surface area contributed by atoms with Crippen LogP contribution in [-0.2, 0) is 11.3 Å². The molecule has 2 aliphatic rings. The number of carbonyl (C=O) groups excluding carboxylic acids is 1. The van der Waals surface area contributed by atoms with Crippen molar-refractivity contribution in [2.75, 3.05) is 20.6 Å². The molecule has 6 heteroatoms. The van der Waals surface area contributed by atoms with Crippen LogP contribution in [0, 0.1) is 11.8 Å². The van der Waals surface area contributed by atoms with Crippen LogP contribution in [0.25, 0.3) is 0 Å². The van der Waals surface area contributed by atoms with Gasteiger partial charge in [0.1, 0.15) is 0 Å². The number of thiophene rings is 1. The van der Waals surface area contributed by atoms with Crippen LogP contribution in [-0.4, -0.2) is 43.4 Å². The van der Waals surface area contributed by atoms with Crippen LogP contribution in [0.3, 0.4) is 0 Å². The van der Waals surface area contributed by atoms with Crippen molar-refractivity contribution >= 4 is 23.2 Å². The average Bonchev–Trinajstić information content (AvgIpc) is 3.26. The molecule has 2 N–H and O–H groups in total. The molecule has 3 rings (SSSR count). The minimum Gasteiger partial charge on any atom is -0.353 e. The Bertz CT molecular complexity index is 555. The van der Waals surface area contributed by atoms with Crippen LogP contribution in [0.2, 0.25) is 0 Å². The molecule has 0 aromatic carbocycles. The van der Waals surface area contributed by atoms with Crippen molar-refractivity contribution in [2.45, 2.75) is 38.3 Å². The Morgan fingerprint density at radius 1 is 1.39 bits per heavy atom. The van der Waals surface area contributed by atoms with Gasteiger partial charge in [-0.1, -0.05) is 6.42 Å². The molecule has 5 nitrogen and oxygen atoms in total. The van der Waals surface area contributed by atoms with Crippen LogP contribution >= 0.6 is 11.3 Å². The van der Waals surface area contributed by atoms with Crippen molar-refractivity contribution in [3.8, 4) is 0 Å². The van der Waals surface area contributed by atoms with Crippen LogP contribution in [0.4, 0.5) is 0 Å². The molecule has 1 aromatic heterocycles. The Kier molecular flexibility index (Phi) is 5.20. The third kappa shape index (κ3) is 4.25. The summed E-state index contributed by atoms with van der Waals surface area (Å²) < 4.78 is 0. The van der Waals surface area contributed by atoms with Gasteiger partial charge in [-0.05, 0) is 53.5 Å². The van der Waals surface area contributed by atoms with E-state index in [1.165, 1.54) is 31.2 Å². The van der Waals surface area contributed by atoms with Crippen molar-refractivity contribution in [2.24, 2.45) is 16.8 Å². The van der Waals surface area contributed by atoms with E-state index in [9.17, 15) is 4.79 Å². The standard InChI is InChI=1S/C17H26N4OS/c1-21(2)16(22)10-19-17(18-9-13-5-6-23-11-13)20-15-8-12-3-4-14(15)7-12/h5-6,11-12,14-15H,3-4,7-10H2,1-2H3,(H2,18,19,20). The molecule has 126 valence electrons. The Morgan fingerprint density at radius 3 is 2.87 bits per heavy atom. The largest absolute Gasteiger partial charge is 0.353 e. The third-order valence-corrected chi connectivity index (χ3v) is 5.70. The normalized spacial score (nSPS) is 26.3. The summed E-state index contributed by atoms with van der Waals surface area (Å²) in [5.41, 5.74) is 1.21. The molecule has 2 saturated carbocycles. The van der Waals surface area contributed by atoms with Crippen molar-refractivity contribution < 1.29 is 4.79 Å². The zero-order chi connectivity index (χ0) is 16.2. The molecule has 0 saturated heterocycles. The number of rotatable bonds is 5. The van der Waals surface area contributed by atoms with Crippen molar-refractivity contribution in [1.82, 2.24) is 15.5 Å². The first kappa shape index (κ1) is 16.3. The van der Waals surface area contributed by atoms with Crippen LogP contribution in [0.5, 0.6) is 0 Å². The van der Waals surface area contributed by atoms with Gasteiger partial charge in [-0.3, -0.25) is 4.79 Å². The minimum absolute atomic E-state index is 0.0583. The summed E-state index contributed by atoms with van der Waals surface area (Å²) in [6, 6.07) is 2.60. The fraction of sp³-hybridized carbons (Fsp3) is 0.647. The number of carbonyl (C=O) groups is 1. The summed E-state index contributed by atoms with van der Waals surface area (Å²) in [5, 5.41) is 11.0. The van der Waals surface area contributed by atoms with Crippen LogP contribution < -0.4 is 10.6 Å². The lowest BCUT2D eigenvalue weighted by molar-refractivity contribution is -0.127. The van der Waals surface area contributed by atoms with Gasteiger partial charge in [0.15, 0.2) is 5.96 Å². The van der Waals surface area contributed by atoms with Gasteiger partial charge in [0.25, 0.3) is 0 Å². The molecule has 2 aliphatic carbocycles. The first-order chi connectivity index (χ1) is 11.1. The molecule has 2 bridgehead atoms. The van der Waals surface area contributed by atoms with E-state index in [4.69, 9.17) is 0 Å². The van der Waals surface area contributed by atoms with Crippen molar-refractivity contribution in [3.63, 3.8) is 0 Å². The zero-order valence-electron chi connectivity index (χ0n) is 13.9. The third-order valence-electron chi connectivity index (χ3n) is 4.97. The summed E-state index contributed by atoms with van der Waals surface area (Å²) in [6.45, 7) is 0.930. The van der Waals surface area contributed by atoms with Gasteiger partial charge in [-0.15, -0.1) is 0 Å². The lowest BCUT2D eigenvalue weighted by atomic mass is 9.95. The lowest BCUT2D eigenvalue weighted by Crippen LogP contribution is -2.48. The SMILES string of the molecule is CN(C)C(=O)CNC(=NCc1ccsc1)NC1CC2CCC1C2. The number of amides is 1. The van der Waals surface area contributed by atoms with Crippen LogP contribution in [0.1, 0.15) is 31.2 Å². The predicted molar refractivity (Wildman–Crippen MR) is 94.5 cm³/mol. The van der Waals surface area contributed by atoms with E-state index in [0.29, 0.717) is 12.6 Å². The summed E-state index contributed by atoms with van der Waals surface area (Å²) in [5.74, 6) is 2.49. The topological polar surface area (TPSA) is 56.7 Å². The van der Waals surface area contributed by atoms with Gasteiger partial charge in [0, 0.05) is 20.1 Å². The highest BCUT2D eigenvalue weighted by atomic mass is 32.1. The van der Waals surface area contributed by atoms with Crippen LogP contribution in [0.15, 0.2) is 21.8 Å². The van der Waals surface area contributed by atoms with E-state index < -0.39 is 0 Å². The fourth-order valence-electron chi connectivity index (χ4n) is 3.62. The summed E-state index contributed by atoms with van der Waals surface area (Å²) in [6.07, 6.45) is 5.31. The Morgan fingerprint density at radius 2 is 2.26 bits per heavy atom. The first-order valence-corrected chi connectivity index (χ1v) is 9.32. The van der Waals surface area contributed by atoms with Gasteiger partial charge in [0.2, 0.25) is 5.91 Å². The minimum atomic E-state index is 0.0583. The van der Waals surface area contributed by atoms with Gasteiger partial charge in [0.05, 0.1) is 13.1 Å². The lowest BCUT2D eigenvalue weighted by Gasteiger charge is -2.25. The second kappa shape index (κ2) is 7.34. The highest BCUT2D eigenvalue weighted by molar-refractivity contribution is 7.07. The van der Waals surface area contributed by atoms with E-state index in [0.717, 1.165) is 17.8 Å². The Balaban J connectivity index is 1.60. The maximum atomic E-state index is 11.8. The molecule has 0 aliphatic heterocycles. The highest BCUT2D eigenvalue weighted by Crippen LogP contribution is 2.44. The predicted octanol–water partition coefficient (Wildman–Crippen LogP) is 2.06. The Hall–Kier alpha value is -1.56. The van der Waals surface area contributed by atoms with E-state index in [-0.39, 0.29) is 12.5 Å². The molecular weight excluding hydrogens is 308 g/mol. The first-order valence-electron chi connectivity index (χ1n) is 8.38. The number of hydrogen-bond acceptors (Lipinski definition) is 3. The molecule has 1 heterocycles. The quantitative estimate of drug-likeness (QED) is 0.640. The number of likely N-dealkylation sites (N-methyl/N-ethyl adjacent to an activating group) is 1. The molecule has 3 unspecified atom stereocenters. The number of guanidine groups is 1. The zero-order valence-corrected chi connectivity index (χ0v) is 14.7. The number of nitrogens with one attached hydrogen (secondary N) is 2. The van der Waals surface area contributed by atoms with Gasteiger partial charge in [-0.2, -0.15) is 11.3 Å². The molecule has 1 amide bonds. The average molecular weight is 334 g/mol. The summed E-state index contributed by atoms with van der Waals surface area (Å²) in [4.78, 5) is 18.1. The van der Waals surface area contributed by atoms with E-state index in [1.807, 2.05) is 0 Å². The maximum Gasteiger partial charge on any atom is 0.241 e. The maximum absolute atomic E-state index is 11.8. The number of fused-ring (bicyclic) bond motifs is 2. The van der Waals surface area contributed by atoms with E-state index in [2.05, 4.69) is 32.5 Å². The molecule has 0 radical (unpaired) electrons. The number of nitrogens with zero attached hydrogens (tertiary/aromatic N) is 2. The number of aliphatic imine (C=N–C) groups is 1. The second-order valence-corrected chi connectivity index (χ2v) is 7.64. The molecule has 0 spiro atoms. The second-order valence-electron chi connectivity index (χ2n) is 6.86. The van der Waals surface area contributed by atoms with Gasteiger partial charge >= 0.3 is 0 Å². The summed E-state index contributed by atoms with van der Waals surface area (Å²) in [7, 11) is 3.55. The van der Waals surface area contributed by atoms with Crippen molar-refractivity contribution in [1.29, 1.82) is 0 Å². The van der Waals surface area contributed by atoms with Gasteiger partial charge < -0.3 is 15.5 Å². The number of hydrogen-bond donors (Lipinski definition) is 2. The van der Waals surface area contributed by atoms with E-state index in [1.54, 1.807) is 30.3 Å². The molecular formula is C17H26N4OS. The molecule has 1 aromatic rings. The smallest absolute Gasteiger partial charge is 0.241 e. The summed E-state index contributed by atoms with van der Waals surface area (Å²) >= 11 is 1.69.